The first-order valence-corrected chi connectivity index (χ1v) is 9.42. The number of methoxy groups -OCH3 is 3. The smallest absolute Gasteiger partial charge is 0.244 e. The van der Waals surface area contributed by atoms with Gasteiger partial charge in [0.05, 0.1) is 27.0 Å². The average Bonchev–Trinajstić information content (AvgIpc) is 3.21. The molecule has 0 spiro atoms. The Bertz CT molecular complexity index is 1060. The van der Waals surface area contributed by atoms with Crippen molar-refractivity contribution in [2.24, 2.45) is 0 Å². The highest BCUT2D eigenvalue weighted by Crippen LogP contribution is 2.40. The molecule has 30 heavy (non-hydrogen) atoms. The maximum absolute atomic E-state index is 12.4. The Kier molecular flexibility index (Phi) is 6.75. The van der Waals surface area contributed by atoms with Gasteiger partial charge in [0.2, 0.25) is 11.7 Å². The molecule has 2 aromatic carbocycles. The zero-order valence-electron chi connectivity index (χ0n) is 17.5. The summed E-state index contributed by atoms with van der Waals surface area (Å²) in [5.74, 6) is 2.20. The molecule has 7 nitrogen and oxygen atoms in total. The van der Waals surface area contributed by atoms with Gasteiger partial charge in [-0.2, -0.15) is 0 Å². The van der Waals surface area contributed by atoms with Gasteiger partial charge in [-0.15, -0.1) is 0 Å². The SMILES string of the molecule is COc1ccc(/C=C/C(=O)NCc2ccccc2-n2ccnc2C)c(OC)c1OC. The van der Waals surface area contributed by atoms with Crippen molar-refractivity contribution < 1.29 is 19.0 Å². The van der Waals surface area contributed by atoms with Gasteiger partial charge >= 0.3 is 0 Å². The topological polar surface area (TPSA) is 74.6 Å². The molecule has 0 aliphatic rings. The van der Waals surface area contributed by atoms with E-state index in [0.29, 0.717) is 29.4 Å². The molecule has 1 amide bonds. The predicted molar refractivity (Wildman–Crippen MR) is 115 cm³/mol. The van der Waals surface area contributed by atoms with Crippen molar-refractivity contribution in [1.29, 1.82) is 0 Å². The maximum atomic E-state index is 12.4. The standard InChI is InChI=1S/C23H25N3O4/c1-16-24-13-14-26(16)19-8-6-5-7-18(19)15-25-21(27)12-10-17-9-11-20(28-2)23(30-4)22(17)29-3/h5-14H,15H2,1-4H3,(H,25,27)/b12-10+. The number of nitrogens with zero attached hydrogens (tertiary/aromatic N) is 2. The van der Waals surface area contributed by atoms with Crippen LogP contribution >= 0.6 is 0 Å². The lowest BCUT2D eigenvalue weighted by molar-refractivity contribution is -0.116. The van der Waals surface area contributed by atoms with E-state index in [9.17, 15) is 4.79 Å². The molecule has 3 rings (SSSR count). The van der Waals surface area contributed by atoms with E-state index in [2.05, 4.69) is 10.3 Å². The van der Waals surface area contributed by atoms with Gasteiger partial charge in [0.25, 0.3) is 0 Å². The molecule has 1 heterocycles. The summed E-state index contributed by atoms with van der Waals surface area (Å²) < 4.78 is 18.1. The quantitative estimate of drug-likeness (QED) is 0.578. The Morgan fingerprint density at radius 2 is 1.83 bits per heavy atom. The minimum Gasteiger partial charge on any atom is -0.493 e. The number of carbonyl (C=O) groups excluding carboxylic acids is 1. The molecule has 0 saturated carbocycles. The van der Waals surface area contributed by atoms with Gasteiger partial charge in [-0.1, -0.05) is 18.2 Å². The summed E-state index contributed by atoms with van der Waals surface area (Å²) >= 11 is 0. The molecule has 0 radical (unpaired) electrons. The van der Waals surface area contributed by atoms with Crippen LogP contribution in [0.15, 0.2) is 54.9 Å². The van der Waals surface area contributed by atoms with Crippen molar-refractivity contribution in [3.8, 4) is 22.9 Å². The Morgan fingerprint density at radius 3 is 2.50 bits per heavy atom. The number of imidazole rings is 1. The summed E-state index contributed by atoms with van der Waals surface area (Å²) in [6, 6.07) is 11.5. The Balaban J connectivity index is 1.74. The highest BCUT2D eigenvalue weighted by atomic mass is 16.5. The average molecular weight is 407 g/mol. The molecule has 0 atom stereocenters. The molecular weight excluding hydrogens is 382 g/mol. The monoisotopic (exact) mass is 407 g/mol. The van der Waals surface area contributed by atoms with E-state index in [-0.39, 0.29) is 5.91 Å². The van der Waals surface area contributed by atoms with E-state index in [1.165, 1.54) is 6.08 Å². The fourth-order valence-corrected chi connectivity index (χ4v) is 3.19. The first-order valence-electron chi connectivity index (χ1n) is 9.42. The van der Waals surface area contributed by atoms with Gasteiger partial charge in [0.15, 0.2) is 11.5 Å². The molecule has 0 bridgehead atoms. The van der Waals surface area contributed by atoms with Crippen LogP contribution in [0, 0.1) is 6.92 Å². The van der Waals surface area contributed by atoms with Crippen LogP contribution in [0.2, 0.25) is 0 Å². The van der Waals surface area contributed by atoms with E-state index in [0.717, 1.165) is 17.1 Å². The Labute approximate surface area is 175 Å². The van der Waals surface area contributed by atoms with Gasteiger partial charge in [-0.3, -0.25) is 4.79 Å². The number of rotatable bonds is 8. The number of para-hydroxylation sites is 1. The third-order valence-electron chi connectivity index (χ3n) is 4.68. The Morgan fingerprint density at radius 1 is 1.07 bits per heavy atom. The molecule has 0 fully saturated rings. The summed E-state index contributed by atoms with van der Waals surface area (Å²) in [6.07, 6.45) is 6.81. The fourth-order valence-electron chi connectivity index (χ4n) is 3.19. The van der Waals surface area contributed by atoms with E-state index in [1.54, 1.807) is 45.7 Å². The molecule has 0 aliphatic heterocycles. The normalized spacial score (nSPS) is 10.8. The summed E-state index contributed by atoms with van der Waals surface area (Å²) in [7, 11) is 4.65. The van der Waals surface area contributed by atoms with Gasteiger partial charge in [-0.05, 0) is 36.8 Å². The number of hydrogen-bond acceptors (Lipinski definition) is 5. The van der Waals surface area contributed by atoms with Crippen LogP contribution in [0.3, 0.4) is 0 Å². The van der Waals surface area contributed by atoms with Crippen molar-refractivity contribution in [2.75, 3.05) is 21.3 Å². The molecule has 7 heteroatoms. The largest absolute Gasteiger partial charge is 0.493 e. The summed E-state index contributed by atoms with van der Waals surface area (Å²) in [4.78, 5) is 16.7. The number of aryl methyl sites for hydroxylation is 1. The van der Waals surface area contributed by atoms with Crippen LogP contribution in [0.1, 0.15) is 17.0 Å². The summed E-state index contributed by atoms with van der Waals surface area (Å²) in [6.45, 7) is 2.33. The summed E-state index contributed by atoms with van der Waals surface area (Å²) in [5.41, 5.74) is 2.68. The van der Waals surface area contributed by atoms with Crippen molar-refractivity contribution in [3.63, 3.8) is 0 Å². The second-order valence-corrected chi connectivity index (χ2v) is 6.45. The van der Waals surface area contributed by atoms with Crippen molar-refractivity contribution in [3.05, 3.63) is 71.8 Å². The van der Waals surface area contributed by atoms with Gasteiger partial charge < -0.3 is 24.1 Å². The Hall–Kier alpha value is -3.74. The molecule has 1 N–H and O–H groups in total. The van der Waals surface area contributed by atoms with E-state index < -0.39 is 0 Å². The molecule has 1 aromatic heterocycles. The maximum Gasteiger partial charge on any atom is 0.244 e. The van der Waals surface area contributed by atoms with Crippen LogP contribution in [0.25, 0.3) is 11.8 Å². The molecule has 0 saturated heterocycles. The van der Waals surface area contributed by atoms with E-state index in [4.69, 9.17) is 14.2 Å². The van der Waals surface area contributed by atoms with Crippen molar-refractivity contribution in [1.82, 2.24) is 14.9 Å². The van der Waals surface area contributed by atoms with Gasteiger partial charge in [0, 0.05) is 30.6 Å². The number of carbonyl (C=O) groups is 1. The van der Waals surface area contributed by atoms with Gasteiger partial charge in [-0.25, -0.2) is 4.98 Å². The lowest BCUT2D eigenvalue weighted by Gasteiger charge is -2.14. The zero-order valence-corrected chi connectivity index (χ0v) is 17.5. The second-order valence-electron chi connectivity index (χ2n) is 6.45. The van der Waals surface area contributed by atoms with Crippen LogP contribution in [-0.2, 0) is 11.3 Å². The first-order chi connectivity index (χ1) is 14.6. The van der Waals surface area contributed by atoms with Crippen LogP contribution in [0.5, 0.6) is 17.2 Å². The lowest BCUT2D eigenvalue weighted by Crippen LogP contribution is -2.21. The molecule has 156 valence electrons. The third-order valence-corrected chi connectivity index (χ3v) is 4.68. The number of aromatic nitrogens is 2. The van der Waals surface area contributed by atoms with E-state index in [1.807, 2.05) is 42.0 Å². The highest BCUT2D eigenvalue weighted by Gasteiger charge is 2.14. The zero-order chi connectivity index (χ0) is 21.5. The number of benzene rings is 2. The minimum atomic E-state index is -0.219. The number of ether oxygens (including phenoxy) is 3. The van der Waals surface area contributed by atoms with Crippen molar-refractivity contribution >= 4 is 12.0 Å². The van der Waals surface area contributed by atoms with E-state index >= 15 is 0 Å². The second kappa shape index (κ2) is 9.65. The third kappa shape index (κ3) is 4.46. The number of hydrogen-bond donors (Lipinski definition) is 1. The number of amides is 1. The fraction of sp³-hybridized carbons (Fsp3) is 0.217. The predicted octanol–water partition coefficient (Wildman–Crippen LogP) is 3.54. The minimum absolute atomic E-state index is 0.219. The summed E-state index contributed by atoms with van der Waals surface area (Å²) in [5, 5.41) is 2.92. The molecule has 0 aliphatic carbocycles. The van der Waals surface area contributed by atoms with Crippen molar-refractivity contribution in [2.45, 2.75) is 13.5 Å². The van der Waals surface area contributed by atoms with Crippen LogP contribution in [0.4, 0.5) is 0 Å². The van der Waals surface area contributed by atoms with Gasteiger partial charge in [0.1, 0.15) is 5.82 Å². The molecule has 3 aromatic rings. The lowest BCUT2D eigenvalue weighted by atomic mass is 10.1. The molecular formula is C23H25N3O4. The highest BCUT2D eigenvalue weighted by molar-refractivity contribution is 5.92. The number of nitrogens with one attached hydrogen (secondary N) is 1. The van der Waals surface area contributed by atoms with Crippen LogP contribution < -0.4 is 19.5 Å². The first kappa shape index (κ1) is 21.0. The van der Waals surface area contributed by atoms with Crippen LogP contribution in [-0.4, -0.2) is 36.8 Å². The molecule has 0 unspecified atom stereocenters.